The monoisotopic (exact) mass is 408 g/mol. The summed E-state index contributed by atoms with van der Waals surface area (Å²) in [5, 5.41) is 5.45. The molecule has 0 aliphatic heterocycles. The van der Waals surface area contributed by atoms with E-state index in [1.54, 1.807) is 13.0 Å². The number of aryl methyl sites for hydroxylation is 1. The highest BCUT2D eigenvalue weighted by molar-refractivity contribution is 7.80. The minimum atomic E-state index is -4.60. The van der Waals surface area contributed by atoms with Crippen LogP contribution in [0, 0.1) is 6.92 Å². The topological polar surface area (TPSA) is 50.4 Å². The predicted molar refractivity (Wildman–Crippen MR) is 96.7 cm³/mol. The van der Waals surface area contributed by atoms with Gasteiger partial charge in [-0.05, 0) is 43.4 Å². The molecule has 0 amide bonds. The van der Waals surface area contributed by atoms with E-state index in [2.05, 4.69) is 15.4 Å². The molecule has 0 unspecified atom stereocenters. The summed E-state index contributed by atoms with van der Waals surface area (Å²) < 4.78 is 44.0. The van der Waals surface area contributed by atoms with Crippen molar-refractivity contribution in [1.29, 1.82) is 0 Å². The van der Waals surface area contributed by atoms with Crippen molar-refractivity contribution >= 4 is 56.9 Å². The van der Waals surface area contributed by atoms with Gasteiger partial charge in [0.1, 0.15) is 5.00 Å². The van der Waals surface area contributed by atoms with Crippen LogP contribution in [0.1, 0.15) is 20.8 Å². The highest BCUT2D eigenvalue weighted by Gasteiger charge is 2.34. The Morgan fingerprint density at radius 3 is 2.56 bits per heavy atom. The number of alkyl halides is 3. The average molecular weight is 409 g/mol. The highest BCUT2D eigenvalue weighted by Crippen LogP contribution is 2.36. The predicted octanol–water partition coefficient (Wildman–Crippen LogP) is 5.32. The number of hydrogen-bond donors (Lipinski definition) is 2. The largest absolute Gasteiger partial charge is 0.465 e. The molecular formula is C15H12ClF3N2O2S2. The van der Waals surface area contributed by atoms with Crippen molar-refractivity contribution in [2.45, 2.75) is 13.1 Å². The Bertz CT molecular complexity index is 822. The SMILES string of the molecule is COC(=O)c1cc(C)sc1NC(=S)Nc1ccc(Cl)cc1C(F)(F)F. The number of anilines is 2. The maximum Gasteiger partial charge on any atom is 0.418 e. The maximum atomic E-state index is 13.1. The molecule has 1 heterocycles. The Morgan fingerprint density at radius 2 is 1.96 bits per heavy atom. The van der Waals surface area contributed by atoms with Crippen LogP contribution < -0.4 is 10.6 Å². The van der Waals surface area contributed by atoms with Crippen LogP contribution in [-0.2, 0) is 10.9 Å². The summed E-state index contributed by atoms with van der Waals surface area (Å²) in [4.78, 5) is 12.5. The first-order valence-corrected chi connectivity index (χ1v) is 8.35. The third-order valence-electron chi connectivity index (χ3n) is 3.02. The van der Waals surface area contributed by atoms with Crippen LogP contribution in [0.25, 0.3) is 0 Å². The van der Waals surface area contributed by atoms with Crippen molar-refractivity contribution in [3.05, 3.63) is 45.3 Å². The molecular weight excluding hydrogens is 397 g/mol. The van der Waals surface area contributed by atoms with E-state index in [1.165, 1.54) is 30.6 Å². The second-order valence-electron chi connectivity index (χ2n) is 4.86. The number of thiocarbonyl (C=S) groups is 1. The van der Waals surface area contributed by atoms with Crippen LogP contribution in [0.4, 0.5) is 23.9 Å². The van der Waals surface area contributed by atoms with Gasteiger partial charge in [-0.2, -0.15) is 13.2 Å². The molecule has 10 heteroatoms. The quantitative estimate of drug-likeness (QED) is 0.531. The van der Waals surface area contributed by atoms with Crippen molar-refractivity contribution in [2.75, 3.05) is 17.7 Å². The molecule has 134 valence electrons. The molecule has 0 aliphatic carbocycles. The smallest absolute Gasteiger partial charge is 0.418 e. The summed E-state index contributed by atoms with van der Waals surface area (Å²) in [6.07, 6.45) is -4.60. The Morgan fingerprint density at radius 1 is 1.28 bits per heavy atom. The van der Waals surface area contributed by atoms with Crippen LogP contribution >= 0.6 is 35.2 Å². The zero-order valence-corrected chi connectivity index (χ0v) is 15.3. The number of rotatable bonds is 3. The zero-order chi connectivity index (χ0) is 18.8. The van der Waals surface area contributed by atoms with Gasteiger partial charge in [-0.1, -0.05) is 11.6 Å². The van der Waals surface area contributed by atoms with E-state index in [0.29, 0.717) is 5.00 Å². The first-order valence-electron chi connectivity index (χ1n) is 6.75. The van der Waals surface area contributed by atoms with E-state index < -0.39 is 17.7 Å². The number of methoxy groups -OCH3 is 1. The van der Waals surface area contributed by atoms with Gasteiger partial charge in [-0.3, -0.25) is 0 Å². The van der Waals surface area contributed by atoms with E-state index in [4.69, 9.17) is 23.8 Å². The van der Waals surface area contributed by atoms with Gasteiger partial charge in [0.15, 0.2) is 5.11 Å². The Labute approximate surface area is 155 Å². The van der Waals surface area contributed by atoms with Gasteiger partial charge < -0.3 is 15.4 Å². The summed E-state index contributed by atoms with van der Waals surface area (Å²) in [5.74, 6) is -0.572. The lowest BCUT2D eigenvalue weighted by Gasteiger charge is -2.16. The number of esters is 1. The molecule has 0 spiro atoms. The maximum absolute atomic E-state index is 13.1. The first-order chi connectivity index (χ1) is 11.6. The number of halogens is 4. The minimum absolute atomic E-state index is 0.0430. The minimum Gasteiger partial charge on any atom is -0.465 e. The Hall–Kier alpha value is -1.84. The van der Waals surface area contributed by atoms with Crippen LogP contribution in [0.2, 0.25) is 5.02 Å². The zero-order valence-electron chi connectivity index (χ0n) is 13.0. The lowest BCUT2D eigenvalue weighted by atomic mass is 10.1. The molecule has 0 radical (unpaired) electrons. The number of thiophene rings is 1. The highest BCUT2D eigenvalue weighted by atomic mass is 35.5. The lowest BCUT2D eigenvalue weighted by molar-refractivity contribution is -0.136. The van der Waals surface area contributed by atoms with Crippen molar-refractivity contribution in [2.24, 2.45) is 0 Å². The van der Waals surface area contributed by atoms with E-state index in [9.17, 15) is 18.0 Å². The van der Waals surface area contributed by atoms with E-state index in [0.717, 1.165) is 10.9 Å². The molecule has 0 saturated carbocycles. The van der Waals surface area contributed by atoms with Gasteiger partial charge in [-0.25, -0.2) is 4.79 Å². The van der Waals surface area contributed by atoms with E-state index in [1.807, 2.05) is 0 Å². The molecule has 0 aliphatic rings. The van der Waals surface area contributed by atoms with Crippen LogP contribution in [-0.4, -0.2) is 18.2 Å². The second-order valence-corrected chi connectivity index (χ2v) is 6.96. The fraction of sp³-hybridized carbons (Fsp3) is 0.200. The molecule has 0 atom stereocenters. The molecule has 0 fully saturated rings. The van der Waals surface area contributed by atoms with Crippen molar-refractivity contribution in [1.82, 2.24) is 0 Å². The van der Waals surface area contributed by atoms with Crippen molar-refractivity contribution in [3.8, 4) is 0 Å². The van der Waals surface area contributed by atoms with Crippen LogP contribution in [0.5, 0.6) is 0 Å². The molecule has 0 saturated heterocycles. The molecule has 25 heavy (non-hydrogen) atoms. The van der Waals surface area contributed by atoms with E-state index >= 15 is 0 Å². The molecule has 1 aromatic heterocycles. The number of benzene rings is 1. The molecule has 0 bridgehead atoms. The molecule has 2 rings (SSSR count). The third kappa shape index (κ3) is 4.83. The van der Waals surface area contributed by atoms with E-state index in [-0.39, 0.29) is 21.4 Å². The van der Waals surface area contributed by atoms with Crippen molar-refractivity contribution in [3.63, 3.8) is 0 Å². The van der Waals surface area contributed by atoms with Gasteiger partial charge >= 0.3 is 12.1 Å². The van der Waals surface area contributed by atoms with Gasteiger partial charge in [0.05, 0.1) is 23.9 Å². The number of nitrogens with one attached hydrogen (secondary N) is 2. The fourth-order valence-corrected chi connectivity index (χ4v) is 3.34. The summed E-state index contributed by atoms with van der Waals surface area (Å²) in [6.45, 7) is 1.78. The van der Waals surface area contributed by atoms with Gasteiger partial charge in [0.25, 0.3) is 0 Å². The molecule has 2 N–H and O–H groups in total. The van der Waals surface area contributed by atoms with Gasteiger partial charge in [0.2, 0.25) is 0 Å². The molecule has 1 aromatic carbocycles. The summed E-state index contributed by atoms with van der Waals surface area (Å²) in [5.41, 5.74) is -0.941. The number of ether oxygens (including phenoxy) is 1. The summed E-state index contributed by atoms with van der Waals surface area (Å²) in [7, 11) is 1.24. The average Bonchev–Trinajstić information content (AvgIpc) is 2.87. The summed E-state index contributed by atoms with van der Waals surface area (Å²) in [6, 6.07) is 4.91. The lowest BCUT2D eigenvalue weighted by Crippen LogP contribution is -2.22. The molecule has 4 nitrogen and oxygen atoms in total. The number of hydrogen-bond acceptors (Lipinski definition) is 4. The Kier molecular flexibility index (Phi) is 5.91. The third-order valence-corrected chi connectivity index (χ3v) is 4.43. The van der Waals surface area contributed by atoms with Gasteiger partial charge in [-0.15, -0.1) is 11.3 Å². The first kappa shape index (κ1) is 19.5. The van der Waals surface area contributed by atoms with Gasteiger partial charge in [0, 0.05) is 9.90 Å². The Balaban J connectivity index is 2.24. The molecule has 2 aromatic rings. The number of carbonyl (C=O) groups excluding carboxylic acids is 1. The second kappa shape index (κ2) is 7.59. The van der Waals surface area contributed by atoms with Crippen molar-refractivity contribution < 1.29 is 22.7 Å². The van der Waals surface area contributed by atoms with Crippen LogP contribution in [0.15, 0.2) is 24.3 Å². The normalized spacial score (nSPS) is 11.1. The standard InChI is InChI=1S/C15H12ClF3N2O2S2/c1-7-5-9(13(22)23-2)12(25-7)21-14(24)20-11-4-3-8(16)6-10(11)15(17,18)19/h3-6H,1-2H3,(H2,20,21,24). The number of carbonyl (C=O) groups is 1. The van der Waals surface area contributed by atoms with Crippen LogP contribution in [0.3, 0.4) is 0 Å². The summed E-state index contributed by atoms with van der Waals surface area (Å²) >= 11 is 11.9. The fourth-order valence-electron chi connectivity index (χ4n) is 1.99.